The van der Waals surface area contributed by atoms with Crippen LogP contribution in [0.1, 0.15) is 25.3 Å². The van der Waals surface area contributed by atoms with E-state index in [1.54, 1.807) is 0 Å². The molecule has 1 aromatic rings. The van der Waals surface area contributed by atoms with E-state index in [1.807, 2.05) is 17.9 Å². The van der Waals surface area contributed by atoms with Crippen molar-refractivity contribution in [3.63, 3.8) is 0 Å². The van der Waals surface area contributed by atoms with Crippen LogP contribution in [-0.4, -0.2) is 28.9 Å². The second kappa shape index (κ2) is 4.23. The Labute approximate surface area is 91.1 Å². The SMILES string of the molecule is CCc1cnn(C)c1N1CCCC(N)C1. The zero-order chi connectivity index (χ0) is 10.8. The summed E-state index contributed by atoms with van der Waals surface area (Å²) in [5.41, 5.74) is 7.33. The summed E-state index contributed by atoms with van der Waals surface area (Å²) in [7, 11) is 2.01. The van der Waals surface area contributed by atoms with E-state index in [0.717, 1.165) is 25.9 Å². The molecule has 0 radical (unpaired) electrons. The predicted molar refractivity (Wildman–Crippen MR) is 62.0 cm³/mol. The van der Waals surface area contributed by atoms with Crippen LogP contribution in [0.3, 0.4) is 0 Å². The van der Waals surface area contributed by atoms with Gasteiger partial charge in [0.05, 0.1) is 6.20 Å². The van der Waals surface area contributed by atoms with Gasteiger partial charge < -0.3 is 10.6 Å². The summed E-state index contributed by atoms with van der Waals surface area (Å²) in [6, 6.07) is 0.318. The lowest BCUT2D eigenvalue weighted by molar-refractivity contribution is 0.496. The number of nitrogens with zero attached hydrogens (tertiary/aromatic N) is 3. The smallest absolute Gasteiger partial charge is 0.129 e. The van der Waals surface area contributed by atoms with Crippen LogP contribution in [0.25, 0.3) is 0 Å². The maximum atomic E-state index is 6.00. The first-order valence-corrected chi connectivity index (χ1v) is 5.73. The van der Waals surface area contributed by atoms with Crippen LogP contribution in [0.5, 0.6) is 0 Å². The first-order valence-electron chi connectivity index (χ1n) is 5.73. The molecule has 1 aromatic heterocycles. The molecule has 1 saturated heterocycles. The van der Waals surface area contributed by atoms with Crippen molar-refractivity contribution in [3.05, 3.63) is 11.8 Å². The molecule has 1 atom stereocenters. The lowest BCUT2D eigenvalue weighted by Crippen LogP contribution is -2.43. The van der Waals surface area contributed by atoms with Gasteiger partial charge in [-0.25, -0.2) is 0 Å². The van der Waals surface area contributed by atoms with E-state index < -0.39 is 0 Å². The van der Waals surface area contributed by atoms with Gasteiger partial charge in [-0.3, -0.25) is 4.68 Å². The van der Waals surface area contributed by atoms with Crippen molar-refractivity contribution in [2.75, 3.05) is 18.0 Å². The topological polar surface area (TPSA) is 47.1 Å². The van der Waals surface area contributed by atoms with Gasteiger partial charge in [-0.15, -0.1) is 0 Å². The predicted octanol–water partition coefficient (Wildman–Crippen LogP) is 0.910. The van der Waals surface area contributed by atoms with Gasteiger partial charge in [-0.1, -0.05) is 6.92 Å². The average molecular weight is 208 g/mol. The van der Waals surface area contributed by atoms with Gasteiger partial charge in [0.25, 0.3) is 0 Å². The highest BCUT2D eigenvalue weighted by Crippen LogP contribution is 2.23. The van der Waals surface area contributed by atoms with Crippen LogP contribution in [0.15, 0.2) is 6.20 Å². The van der Waals surface area contributed by atoms with Crippen LogP contribution < -0.4 is 10.6 Å². The quantitative estimate of drug-likeness (QED) is 0.786. The van der Waals surface area contributed by atoms with Crippen LogP contribution in [0.2, 0.25) is 0 Å². The lowest BCUT2D eigenvalue weighted by atomic mass is 10.1. The molecule has 1 unspecified atom stereocenters. The highest BCUT2D eigenvalue weighted by Gasteiger charge is 2.21. The molecule has 4 nitrogen and oxygen atoms in total. The fraction of sp³-hybridized carbons (Fsp3) is 0.727. The largest absolute Gasteiger partial charge is 0.355 e. The molecule has 0 spiro atoms. The third-order valence-electron chi connectivity index (χ3n) is 3.12. The summed E-state index contributed by atoms with van der Waals surface area (Å²) in [6.07, 6.45) is 5.34. The molecule has 4 heteroatoms. The van der Waals surface area contributed by atoms with Crippen molar-refractivity contribution in [2.24, 2.45) is 12.8 Å². The molecule has 1 aliphatic rings. The zero-order valence-electron chi connectivity index (χ0n) is 9.61. The molecule has 1 fully saturated rings. The molecule has 2 rings (SSSR count). The van der Waals surface area contributed by atoms with Crippen molar-refractivity contribution in [1.29, 1.82) is 0 Å². The Hall–Kier alpha value is -1.03. The molecular weight excluding hydrogens is 188 g/mol. The lowest BCUT2D eigenvalue weighted by Gasteiger charge is -2.33. The number of piperidine rings is 1. The molecule has 84 valence electrons. The van der Waals surface area contributed by atoms with Gasteiger partial charge in [0.15, 0.2) is 0 Å². The second-order valence-corrected chi connectivity index (χ2v) is 4.32. The first-order chi connectivity index (χ1) is 7.22. The van der Waals surface area contributed by atoms with Crippen LogP contribution in [0.4, 0.5) is 5.82 Å². The highest BCUT2D eigenvalue weighted by atomic mass is 15.4. The molecule has 1 aliphatic heterocycles. The molecule has 2 N–H and O–H groups in total. The minimum Gasteiger partial charge on any atom is -0.355 e. The van der Waals surface area contributed by atoms with Crippen molar-refractivity contribution < 1.29 is 0 Å². The Bertz CT molecular complexity index is 331. The van der Waals surface area contributed by atoms with Crippen molar-refractivity contribution in [3.8, 4) is 0 Å². The molecule has 0 saturated carbocycles. The number of aromatic nitrogens is 2. The van der Waals surface area contributed by atoms with Gasteiger partial charge in [0, 0.05) is 31.7 Å². The number of nitrogens with two attached hydrogens (primary N) is 1. The van der Waals surface area contributed by atoms with Gasteiger partial charge in [-0.2, -0.15) is 5.10 Å². The maximum Gasteiger partial charge on any atom is 0.129 e. The number of hydrogen-bond donors (Lipinski definition) is 1. The Balaban J connectivity index is 2.23. The van der Waals surface area contributed by atoms with Crippen LogP contribution in [0, 0.1) is 0 Å². The van der Waals surface area contributed by atoms with E-state index in [-0.39, 0.29) is 0 Å². The summed E-state index contributed by atoms with van der Waals surface area (Å²) in [6.45, 7) is 4.25. The van der Waals surface area contributed by atoms with E-state index in [0.29, 0.717) is 6.04 Å². The molecule has 0 aliphatic carbocycles. The fourth-order valence-corrected chi connectivity index (χ4v) is 2.34. The molecule has 0 bridgehead atoms. The number of hydrogen-bond acceptors (Lipinski definition) is 3. The molecule has 0 amide bonds. The minimum absolute atomic E-state index is 0.318. The Morgan fingerprint density at radius 3 is 3.07 bits per heavy atom. The third kappa shape index (κ3) is 2.00. The fourth-order valence-electron chi connectivity index (χ4n) is 2.34. The third-order valence-corrected chi connectivity index (χ3v) is 3.12. The molecule has 2 heterocycles. The number of aryl methyl sites for hydroxylation is 2. The normalized spacial score (nSPS) is 22.1. The molecular formula is C11H20N4. The Morgan fingerprint density at radius 2 is 2.40 bits per heavy atom. The zero-order valence-corrected chi connectivity index (χ0v) is 9.61. The molecule has 0 aromatic carbocycles. The summed E-state index contributed by atoms with van der Waals surface area (Å²) in [5.74, 6) is 1.26. The Morgan fingerprint density at radius 1 is 1.60 bits per heavy atom. The summed E-state index contributed by atoms with van der Waals surface area (Å²) < 4.78 is 1.97. The number of anilines is 1. The van der Waals surface area contributed by atoms with Crippen molar-refractivity contribution in [1.82, 2.24) is 9.78 Å². The maximum absolute atomic E-state index is 6.00. The first kappa shape index (κ1) is 10.5. The monoisotopic (exact) mass is 208 g/mol. The second-order valence-electron chi connectivity index (χ2n) is 4.32. The van der Waals surface area contributed by atoms with Crippen LogP contribution >= 0.6 is 0 Å². The van der Waals surface area contributed by atoms with Crippen LogP contribution in [-0.2, 0) is 13.5 Å². The van der Waals surface area contributed by atoms with E-state index in [1.165, 1.54) is 17.8 Å². The van der Waals surface area contributed by atoms with Gasteiger partial charge in [0.2, 0.25) is 0 Å². The number of rotatable bonds is 2. The average Bonchev–Trinajstić information content (AvgIpc) is 2.59. The summed E-state index contributed by atoms with van der Waals surface area (Å²) in [5, 5.41) is 4.32. The van der Waals surface area contributed by atoms with E-state index >= 15 is 0 Å². The summed E-state index contributed by atoms with van der Waals surface area (Å²) >= 11 is 0. The summed E-state index contributed by atoms with van der Waals surface area (Å²) in [4.78, 5) is 2.38. The van der Waals surface area contributed by atoms with E-state index in [9.17, 15) is 0 Å². The van der Waals surface area contributed by atoms with Gasteiger partial charge in [0.1, 0.15) is 5.82 Å². The van der Waals surface area contributed by atoms with E-state index in [2.05, 4.69) is 16.9 Å². The van der Waals surface area contributed by atoms with Crippen molar-refractivity contribution in [2.45, 2.75) is 32.2 Å². The van der Waals surface area contributed by atoms with E-state index in [4.69, 9.17) is 5.73 Å². The standard InChI is InChI=1S/C11H20N4/c1-3-9-7-13-14(2)11(9)15-6-4-5-10(12)8-15/h7,10H,3-6,8,12H2,1-2H3. The van der Waals surface area contributed by atoms with Gasteiger partial charge >= 0.3 is 0 Å². The van der Waals surface area contributed by atoms with Gasteiger partial charge in [-0.05, 0) is 19.3 Å². The molecule has 15 heavy (non-hydrogen) atoms. The Kier molecular flexibility index (Phi) is 2.95. The minimum atomic E-state index is 0.318. The van der Waals surface area contributed by atoms with Crippen molar-refractivity contribution >= 4 is 5.82 Å². The highest BCUT2D eigenvalue weighted by molar-refractivity contribution is 5.47.